The molecule has 0 aromatic heterocycles. The summed E-state index contributed by atoms with van der Waals surface area (Å²) < 4.78 is 31.0. The summed E-state index contributed by atoms with van der Waals surface area (Å²) in [5.41, 5.74) is 4.97. The Labute approximate surface area is 188 Å². The molecule has 0 radical (unpaired) electrons. The summed E-state index contributed by atoms with van der Waals surface area (Å²) >= 11 is 0. The van der Waals surface area contributed by atoms with Crippen molar-refractivity contribution in [3.63, 3.8) is 0 Å². The largest absolute Gasteiger partial charge is 0.489 e. The van der Waals surface area contributed by atoms with Crippen molar-refractivity contribution in [1.82, 2.24) is 9.73 Å². The fourth-order valence-corrected chi connectivity index (χ4v) is 3.61. The predicted molar refractivity (Wildman–Crippen MR) is 125 cm³/mol. The third-order valence-electron chi connectivity index (χ3n) is 4.50. The molecule has 0 saturated carbocycles. The zero-order chi connectivity index (χ0) is 22.8. The van der Waals surface area contributed by atoms with E-state index in [1.165, 1.54) is 6.21 Å². The third kappa shape index (κ3) is 7.64. The molecule has 7 nitrogen and oxygen atoms in total. The fraction of sp³-hybridized carbons (Fsp3) is 0.167. The molecule has 0 heterocycles. The van der Waals surface area contributed by atoms with Crippen LogP contribution in [-0.4, -0.2) is 37.6 Å². The van der Waals surface area contributed by atoms with Crippen LogP contribution in [0.4, 0.5) is 0 Å². The molecular formula is C24H25N3O4S. The summed E-state index contributed by atoms with van der Waals surface area (Å²) in [5.74, 6) is 0.148. The minimum absolute atomic E-state index is 0.109. The quantitative estimate of drug-likeness (QED) is 0.379. The number of nitrogens with one attached hydrogen (secondary N) is 1. The standard InChI is InChI=1S/C24H25N3O4S/c1-32(29,30)27(17-20-9-4-2-5-10-20)18-24(28)26-25-16-22-13-8-14-23(15-22)31-19-21-11-6-3-7-12-21/h2-16H,17-19H2,1H3,(H,26,28)/b25-16-. The number of hydrazone groups is 1. The van der Waals surface area contributed by atoms with Crippen molar-refractivity contribution in [1.29, 1.82) is 0 Å². The first-order valence-electron chi connectivity index (χ1n) is 9.98. The van der Waals surface area contributed by atoms with E-state index in [2.05, 4.69) is 10.5 Å². The van der Waals surface area contributed by atoms with Gasteiger partial charge in [0, 0.05) is 6.54 Å². The summed E-state index contributed by atoms with van der Waals surface area (Å²) in [6.07, 6.45) is 2.56. The molecule has 3 aromatic rings. The summed E-state index contributed by atoms with van der Waals surface area (Å²) in [4.78, 5) is 12.3. The predicted octanol–water partition coefficient (Wildman–Crippen LogP) is 3.18. The molecule has 0 atom stereocenters. The molecule has 0 saturated heterocycles. The molecule has 0 unspecified atom stereocenters. The second-order valence-electron chi connectivity index (χ2n) is 7.16. The smallest absolute Gasteiger partial charge is 0.255 e. The normalized spacial score (nSPS) is 11.6. The maximum absolute atomic E-state index is 12.3. The molecule has 166 valence electrons. The van der Waals surface area contributed by atoms with Crippen LogP contribution >= 0.6 is 0 Å². The van der Waals surface area contributed by atoms with Gasteiger partial charge in [-0.2, -0.15) is 9.41 Å². The third-order valence-corrected chi connectivity index (χ3v) is 5.70. The van der Waals surface area contributed by atoms with Crippen LogP contribution in [0.2, 0.25) is 0 Å². The maximum atomic E-state index is 12.3. The van der Waals surface area contributed by atoms with Gasteiger partial charge in [0.25, 0.3) is 5.91 Å². The molecule has 0 aliphatic heterocycles. The molecule has 1 N–H and O–H groups in total. The van der Waals surface area contributed by atoms with Gasteiger partial charge < -0.3 is 4.74 Å². The number of nitrogens with zero attached hydrogens (tertiary/aromatic N) is 2. The number of benzene rings is 3. The summed E-state index contributed by atoms with van der Waals surface area (Å²) in [6.45, 7) is 0.226. The number of sulfonamides is 1. The highest BCUT2D eigenvalue weighted by Gasteiger charge is 2.20. The molecule has 32 heavy (non-hydrogen) atoms. The Bertz CT molecular complexity index is 1150. The van der Waals surface area contributed by atoms with E-state index in [0.29, 0.717) is 12.4 Å². The summed E-state index contributed by atoms with van der Waals surface area (Å²) in [5, 5.41) is 3.94. The van der Waals surface area contributed by atoms with Crippen molar-refractivity contribution >= 4 is 22.1 Å². The molecular weight excluding hydrogens is 426 g/mol. The van der Waals surface area contributed by atoms with Crippen LogP contribution in [0.3, 0.4) is 0 Å². The van der Waals surface area contributed by atoms with E-state index < -0.39 is 15.9 Å². The van der Waals surface area contributed by atoms with Crippen LogP contribution in [-0.2, 0) is 28.0 Å². The van der Waals surface area contributed by atoms with Crippen LogP contribution in [0.5, 0.6) is 5.75 Å². The van der Waals surface area contributed by atoms with Crippen molar-refractivity contribution in [3.8, 4) is 5.75 Å². The number of hydrogen-bond donors (Lipinski definition) is 1. The second-order valence-corrected chi connectivity index (χ2v) is 9.14. The van der Waals surface area contributed by atoms with E-state index in [9.17, 15) is 13.2 Å². The van der Waals surface area contributed by atoms with Gasteiger partial charge in [-0.25, -0.2) is 13.8 Å². The zero-order valence-corrected chi connectivity index (χ0v) is 18.5. The Balaban J connectivity index is 1.54. The van der Waals surface area contributed by atoms with Crippen LogP contribution in [0, 0.1) is 0 Å². The molecule has 0 spiro atoms. The van der Waals surface area contributed by atoms with Crippen LogP contribution in [0.25, 0.3) is 0 Å². The first kappa shape index (κ1) is 23.2. The Morgan fingerprint density at radius 2 is 1.62 bits per heavy atom. The monoisotopic (exact) mass is 451 g/mol. The van der Waals surface area contributed by atoms with Crippen molar-refractivity contribution in [2.75, 3.05) is 12.8 Å². The van der Waals surface area contributed by atoms with Gasteiger partial charge in [0.05, 0.1) is 19.0 Å². The van der Waals surface area contributed by atoms with Crippen molar-refractivity contribution < 1.29 is 17.9 Å². The number of hydrogen-bond acceptors (Lipinski definition) is 5. The topological polar surface area (TPSA) is 88.1 Å². The molecule has 3 rings (SSSR count). The summed E-state index contributed by atoms with van der Waals surface area (Å²) in [6, 6.07) is 26.2. The highest BCUT2D eigenvalue weighted by atomic mass is 32.2. The second kappa shape index (κ2) is 11.2. The lowest BCUT2D eigenvalue weighted by Crippen LogP contribution is -2.38. The molecule has 0 aliphatic carbocycles. The molecule has 0 bridgehead atoms. The van der Waals surface area contributed by atoms with Gasteiger partial charge in [0.1, 0.15) is 12.4 Å². The first-order chi connectivity index (χ1) is 15.4. The average molecular weight is 452 g/mol. The van der Waals surface area contributed by atoms with Gasteiger partial charge in [-0.15, -0.1) is 0 Å². The highest BCUT2D eigenvalue weighted by Crippen LogP contribution is 2.14. The Hall–Kier alpha value is -3.49. The van der Waals surface area contributed by atoms with E-state index >= 15 is 0 Å². The lowest BCUT2D eigenvalue weighted by molar-refractivity contribution is -0.121. The maximum Gasteiger partial charge on any atom is 0.255 e. The minimum atomic E-state index is -3.57. The van der Waals surface area contributed by atoms with Gasteiger partial charge in [-0.05, 0) is 28.8 Å². The van der Waals surface area contributed by atoms with Crippen LogP contribution in [0.1, 0.15) is 16.7 Å². The minimum Gasteiger partial charge on any atom is -0.489 e. The molecule has 3 aromatic carbocycles. The lowest BCUT2D eigenvalue weighted by Gasteiger charge is -2.18. The number of carbonyl (C=O) groups is 1. The number of rotatable bonds is 10. The number of amides is 1. The van der Waals surface area contributed by atoms with Crippen molar-refractivity contribution in [3.05, 3.63) is 102 Å². The molecule has 8 heteroatoms. The van der Waals surface area contributed by atoms with Crippen LogP contribution < -0.4 is 10.2 Å². The van der Waals surface area contributed by atoms with E-state index in [4.69, 9.17) is 4.74 Å². The Morgan fingerprint density at radius 1 is 0.969 bits per heavy atom. The SMILES string of the molecule is CS(=O)(=O)N(CC(=O)N/N=C\c1cccc(OCc2ccccc2)c1)Cc1ccccc1. The number of ether oxygens (including phenoxy) is 1. The van der Waals surface area contributed by atoms with Gasteiger partial charge in [0.2, 0.25) is 10.0 Å². The van der Waals surface area contributed by atoms with Crippen molar-refractivity contribution in [2.24, 2.45) is 5.10 Å². The fourth-order valence-electron chi connectivity index (χ4n) is 2.88. The molecule has 1 amide bonds. The van der Waals surface area contributed by atoms with E-state index in [0.717, 1.165) is 27.3 Å². The Kier molecular flexibility index (Phi) is 8.13. The van der Waals surface area contributed by atoms with E-state index in [-0.39, 0.29) is 13.1 Å². The zero-order valence-electron chi connectivity index (χ0n) is 17.7. The van der Waals surface area contributed by atoms with Crippen LogP contribution in [0.15, 0.2) is 90.0 Å². The van der Waals surface area contributed by atoms with Gasteiger partial charge >= 0.3 is 0 Å². The Morgan fingerprint density at radius 3 is 2.28 bits per heavy atom. The highest BCUT2D eigenvalue weighted by molar-refractivity contribution is 7.88. The van der Waals surface area contributed by atoms with Gasteiger partial charge in [-0.3, -0.25) is 4.79 Å². The lowest BCUT2D eigenvalue weighted by atomic mass is 10.2. The molecule has 0 aliphatic rings. The van der Waals surface area contributed by atoms with E-state index in [1.54, 1.807) is 18.2 Å². The van der Waals surface area contributed by atoms with Crippen molar-refractivity contribution in [2.45, 2.75) is 13.2 Å². The van der Waals surface area contributed by atoms with Gasteiger partial charge in [0.15, 0.2) is 0 Å². The number of carbonyl (C=O) groups excluding carboxylic acids is 1. The summed E-state index contributed by atoms with van der Waals surface area (Å²) in [7, 11) is -3.57. The van der Waals surface area contributed by atoms with E-state index in [1.807, 2.05) is 66.7 Å². The molecule has 0 fully saturated rings. The first-order valence-corrected chi connectivity index (χ1v) is 11.8. The van der Waals surface area contributed by atoms with Gasteiger partial charge in [-0.1, -0.05) is 72.8 Å². The average Bonchev–Trinajstić information content (AvgIpc) is 2.78.